The van der Waals surface area contributed by atoms with E-state index in [-0.39, 0.29) is 25.7 Å². The van der Waals surface area contributed by atoms with E-state index in [0.29, 0.717) is 0 Å². The van der Waals surface area contributed by atoms with Crippen molar-refractivity contribution in [3.8, 4) is 0 Å². The van der Waals surface area contributed by atoms with Crippen LogP contribution in [-0.2, 0) is 18.5 Å². The first-order valence-electron chi connectivity index (χ1n) is 7.58. The van der Waals surface area contributed by atoms with Crippen LogP contribution in [0.3, 0.4) is 0 Å². The van der Waals surface area contributed by atoms with Gasteiger partial charge in [0.25, 0.3) is 0 Å². The van der Waals surface area contributed by atoms with Crippen LogP contribution in [0.15, 0.2) is 30.3 Å². The summed E-state index contributed by atoms with van der Waals surface area (Å²) < 4.78 is 23.9. The van der Waals surface area contributed by atoms with Gasteiger partial charge in [0.05, 0.1) is 19.3 Å². The fourth-order valence-electron chi connectivity index (χ4n) is 2.60. The Hall–Kier alpha value is -0.750. The highest BCUT2D eigenvalue weighted by Crippen LogP contribution is 2.59. The molecule has 1 aromatic rings. The van der Waals surface area contributed by atoms with Gasteiger partial charge in [-0.25, -0.2) is 0 Å². The van der Waals surface area contributed by atoms with Crippen molar-refractivity contribution in [3.63, 3.8) is 0 Å². The average molecular weight is 329 g/mol. The van der Waals surface area contributed by atoms with Crippen molar-refractivity contribution in [1.29, 1.82) is 0 Å². The molecule has 0 unspecified atom stereocenters. The molecule has 0 spiro atoms. The quantitative estimate of drug-likeness (QED) is 0.774. The van der Waals surface area contributed by atoms with Crippen LogP contribution in [-0.4, -0.2) is 35.5 Å². The van der Waals surface area contributed by atoms with Gasteiger partial charge in [0.2, 0.25) is 0 Å². The van der Waals surface area contributed by atoms with Gasteiger partial charge in [0, 0.05) is 6.42 Å². The number of hydroxylamine groups is 2. The third-order valence-corrected chi connectivity index (χ3v) is 6.00. The fraction of sp³-hybridized carbons (Fsp3) is 0.600. The molecule has 1 aliphatic rings. The van der Waals surface area contributed by atoms with E-state index in [2.05, 4.69) is 0 Å². The molecule has 2 rings (SSSR count). The molecule has 124 valence electrons. The Balaban J connectivity index is 2.27. The first-order chi connectivity index (χ1) is 10.5. The molecule has 1 N–H and O–H groups in total. The van der Waals surface area contributed by atoms with Gasteiger partial charge < -0.3 is 14.2 Å². The second-order valence-corrected chi connectivity index (χ2v) is 7.29. The van der Waals surface area contributed by atoms with E-state index in [9.17, 15) is 9.67 Å². The zero-order valence-corrected chi connectivity index (χ0v) is 14.1. The molecular formula is C15H24NO5P. The third-order valence-electron chi connectivity index (χ3n) is 3.60. The molecule has 1 fully saturated rings. The molecular weight excluding hydrogens is 305 g/mol. The fourth-order valence-corrected chi connectivity index (χ4v) is 4.71. The minimum Gasteiger partial charge on any atom is -0.366 e. The Morgan fingerprint density at radius 3 is 2.45 bits per heavy atom. The van der Waals surface area contributed by atoms with Crippen molar-refractivity contribution in [1.82, 2.24) is 5.06 Å². The molecule has 0 radical (unpaired) electrons. The number of benzene rings is 1. The molecule has 22 heavy (non-hydrogen) atoms. The van der Waals surface area contributed by atoms with Gasteiger partial charge in [-0.15, -0.1) is 0 Å². The largest absolute Gasteiger partial charge is 0.366 e. The first-order valence-corrected chi connectivity index (χ1v) is 9.20. The molecule has 7 heteroatoms. The molecule has 0 aromatic heterocycles. The van der Waals surface area contributed by atoms with Gasteiger partial charge in [0.1, 0.15) is 5.78 Å². The Kier molecular flexibility index (Phi) is 6.15. The lowest BCUT2D eigenvalue weighted by atomic mass is 10.1. The molecule has 0 saturated carbocycles. The Labute approximate surface area is 131 Å². The molecule has 0 bridgehead atoms. The number of hydrogen-bond donors (Lipinski definition) is 1. The van der Waals surface area contributed by atoms with Crippen LogP contribution in [0.25, 0.3) is 0 Å². The van der Waals surface area contributed by atoms with Gasteiger partial charge in [-0.1, -0.05) is 30.3 Å². The van der Waals surface area contributed by atoms with E-state index in [4.69, 9.17) is 13.9 Å². The van der Waals surface area contributed by atoms with E-state index in [0.717, 1.165) is 5.56 Å². The molecule has 1 saturated heterocycles. The van der Waals surface area contributed by atoms with Gasteiger partial charge >= 0.3 is 7.60 Å². The third kappa shape index (κ3) is 3.77. The molecule has 6 nitrogen and oxygen atoms in total. The van der Waals surface area contributed by atoms with E-state index >= 15 is 0 Å². The molecule has 1 aliphatic heterocycles. The maximum atomic E-state index is 13.0. The van der Waals surface area contributed by atoms with E-state index in [1.165, 1.54) is 0 Å². The Morgan fingerprint density at radius 2 is 1.91 bits per heavy atom. The monoisotopic (exact) mass is 329 g/mol. The van der Waals surface area contributed by atoms with Crippen molar-refractivity contribution in [2.75, 3.05) is 13.2 Å². The predicted molar refractivity (Wildman–Crippen MR) is 83.1 cm³/mol. The van der Waals surface area contributed by atoms with Gasteiger partial charge in [-0.05, 0) is 26.3 Å². The molecule has 3 atom stereocenters. The van der Waals surface area contributed by atoms with Crippen LogP contribution >= 0.6 is 7.60 Å². The second-order valence-electron chi connectivity index (χ2n) is 5.10. The summed E-state index contributed by atoms with van der Waals surface area (Å²) in [5.41, 5.74) is 1.00. The highest BCUT2D eigenvalue weighted by atomic mass is 31.2. The van der Waals surface area contributed by atoms with Gasteiger partial charge in [-0.2, -0.15) is 5.06 Å². The molecule has 0 aliphatic carbocycles. The van der Waals surface area contributed by atoms with Crippen molar-refractivity contribution in [2.24, 2.45) is 0 Å². The van der Waals surface area contributed by atoms with Crippen molar-refractivity contribution >= 4 is 7.60 Å². The van der Waals surface area contributed by atoms with Crippen molar-refractivity contribution in [3.05, 3.63) is 35.9 Å². The smallest absolute Gasteiger partial charge is 0.350 e. The predicted octanol–water partition coefficient (Wildman–Crippen LogP) is 3.30. The summed E-state index contributed by atoms with van der Waals surface area (Å²) in [5.74, 6) is -0.627. The highest BCUT2D eigenvalue weighted by molar-refractivity contribution is 7.54. The summed E-state index contributed by atoms with van der Waals surface area (Å²) >= 11 is 0. The van der Waals surface area contributed by atoms with Crippen LogP contribution < -0.4 is 0 Å². The normalized spacial score (nSPS) is 24.5. The summed E-state index contributed by atoms with van der Waals surface area (Å²) in [7, 11) is -3.39. The second kappa shape index (κ2) is 7.68. The van der Waals surface area contributed by atoms with Crippen LogP contribution in [0.1, 0.15) is 38.8 Å². The topological polar surface area (TPSA) is 68.2 Å². The summed E-state index contributed by atoms with van der Waals surface area (Å²) in [6, 6.07) is 9.52. The minimum absolute atomic E-state index is 0.183. The van der Waals surface area contributed by atoms with Crippen molar-refractivity contribution in [2.45, 2.75) is 45.3 Å². The highest BCUT2D eigenvalue weighted by Gasteiger charge is 2.49. The average Bonchev–Trinajstić information content (AvgIpc) is 2.90. The van der Waals surface area contributed by atoms with Gasteiger partial charge in [0.15, 0.2) is 6.29 Å². The lowest BCUT2D eigenvalue weighted by Crippen LogP contribution is -2.32. The standard InChI is InChI=1S/C15H24NO5P/c1-4-19-22(18,20-5-2)14-11-15(17)21-16(14)12(3)13-9-7-6-8-10-13/h6-10,12,14-15,17H,4-5,11H2,1-3H3/t12-,14+,15-/m0/s1. The number of nitrogens with zero attached hydrogens (tertiary/aromatic N) is 1. The number of aliphatic hydroxyl groups excluding tert-OH is 1. The minimum atomic E-state index is -3.39. The maximum absolute atomic E-state index is 13.0. The van der Waals surface area contributed by atoms with E-state index in [1.54, 1.807) is 18.9 Å². The molecule has 0 amide bonds. The Morgan fingerprint density at radius 1 is 1.32 bits per heavy atom. The van der Waals surface area contributed by atoms with Crippen molar-refractivity contribution < 1.29 is 23.6 Å². The van der Waals surface area contributed by atoms with Crippen LogP contribution in [0, 0.1) is 0 Å². The number of rotatable bonds is 7. The summed E-state index contributed by atoms with van der Waals surface area (Å²) in [6.07, 6.45) is -0.820. The lowest BCUT2D eigenvalue weighted by Gasteiger charge is -2.32. The van der Waals surface area contributed by atoms with Crippen LogP contribution in [0.2, 0.25) is 0 Å². The summed E-state index contributed by atoms with van der Waals surface area (Å²) in [6.45, 7) is 6.02. The number of hydrogen-bond acceptors (Lipinski definition) is 6. The van der Waals surface area contributed by atoms with Gasteiger partial charge in [-0.3, -0.25) is 9.40 Å². The van der Waals surface area contributed by atoms with Crippen LogP contribution in [0.4, 0.5) is 0 Å². The molecule has 1 aromatic carbocycles. The number of aliphatic hydroxyl groups is 1. The Bertz CT molecular complexity index is 502. The van der Waals surface area contributed by atoms with E-state index in [1.807, 2.05) is 37.3 Å². The van der Waals surface area contributed by atoms with Crippen LogP contribution in [0.5, 0.6) is 0 Å². The molecule has 1 heterocycles. The first kappa shape index (κ1) is 17.6. The SMILES string of the molecule is CCOP(=O)(OCC)[C@@H]1C[C@@H](O)ON1[C@@H](C)c1ccccc1. The maximum Gasteiger partial charge on any atom is 0.350 e. The zero-order valence-electron chi connectivity index (χ0n) is 13.2. The zero-order chi connectivity index (χ0) is 16.2. The lowest BCUT2D eigenvalue weighted by molar-refractivity contribution is -0.234. The summed E-state index contributed by atoms with van der Waals surface area (Å²) in [4.78, 5) is 5.49. The summed E-state index contributed by atoms with van der Waals surface area (Å²) in [5, 5.41) is 11.4. The van der Waals surface area contributed by atoms with E-state index < -0.39 is 19.7 Å².